The second-order valence-electron chi connectivity index (χ2n) is 14.9. The van der Waals surface area contributed by atoms with E-state index in [1.807, 2.05) is 30.3 Å². The smallest absolute Gasteiger partial charge is 0.211 e. The second kappa shape index (κ2) is 22.7. The van der Waals surface area contributed by atoms with Crippen LogP contribution in [-0.2, 0) is 10.9 Å². The molecule has 0 bridgehead atoms. The number of hydrogen-bond donors (Lipinski definition) is 0. The fourth-order valence-electron chi connectivity index (χ4n) is 7.48. The lowest BCUT2D eigenvalue weighted by Crippen LogP contribution is -2.81. The van der Waals surface area contributed by atoms with Crippen LogP contribution < -0.4 is 21.9 Å². The molecule has 0 aliphatic heterocycles. The van der Waals surface area contributed by atoms with Crippen LogP contribution in [0, 0.1) is 116 Å². The van der Waals surface area contributed by atoms with Gasteiger partial charge in [-0.2, -0.15) is 0 Å². The first-order valence-corrected chi connectivity index (χ1v) is 21.7. The lowest BCUT2D eigenvalue weighted by molar-refractivity contribution is 0.102. The molecule has 0 saturated carbocycles. The first kappa shape index (κ1) is 54.4. The minimum atomic E-state index is -7.22. The van der Waals surface area contributed by atoms with Crippen LogP contribution in [0.1, 0.15) is 75.6 Å². The molecular weight excluding hydrogens is 967 g/mol. The maximum atomic E-state index is 15.4. The van der Waals surface area contributed by atoms with E-state index >= 15 is 35.1 Å². The Morgan fingerprint density at radius 2 is 0.597 bits per heavy atom. The number of ketones is 1. The van der Waals surface area contributed by atoms with Crippen molar-refractivity contribution in [2.75, 3.05) is 17.3 Å². The SMILES string of the molecule is CCCCCC[S+](CCCCCC)CC(=O)c1ccccc1.Fc1c(F)c(F)c([B-](c2c(F)c(F)c(F)c(F)c2F)(c2c(F)c(F)c(F)c(F)c2F)c2c(F)c(F)c(F)c(F)c2F)c(F)c1F. The molecule has 0 atom stereocenters. The molecule has 0 spiro atoms. The van der Waals surface area contributed by atoms with Crippen molar-refractivity contribution >= 4 is 44.7 Å². The Labute approximate surface area is 371 Å². The summed E-state index contributed by atoms with van der Waals surface area (Å²) in [4.78, 5) is 12.4. The van der Waals surface area contributed by atoms with Gasteiger partial charge in [-0.15, -0.1) is 21.9 Å². The van der Waals surface area contributed by atoms with Crippen LogP contribution in [0.3, 0.4) is 0 Å². The highest BCUT2D eigenvalue weighted by molar-refractivity contribution is 7.97. The molecular formula is C44H33BF20OS. The number of unbranched alkanes of at least 4 members (excludes halogenated alkanes) is 6. The molecule has 67 heavy (non-hydrogen) atoms. The van der Waals surface area contributed by atoms with E-state index in [9.17, 15) is 57.5 Å². The molecule has 364 valence electrons. The Bertz CT molecular complexity index is 2230. The van der Waals surface area contributed by atoms with E-state index in [-0.39, 0.29) is 10.9 Å². The molecule has 5 rings (SSSR count). The van der Waals surface area contributed by atoms with E-state index in [1.165, 1.54) is 62.9 Å². The molecule has 23 heteroatoms. The van der Waals surface area contributed by atoms with E-state index in [1.54, 1.807) is 0 Å². The largest absolute Gasteiger partial charge is 0.289 e. The fraction of sp³-hybridized carbons (Fsp3) is 0.295. The zero-order valence-corrected chi connectivity index (χ0v) is 35.4. The summed E-state index contributed by atoms with van der Waals surface area (Å²) in [6.07, 6.45) is 3.27. The maximum Gasteiger partial charge on any atom is 0.211 e. The third-order valence-corrected chi connectivity index (χ3v) is 13.1. The van der Waals surface area contributed by atoms with Crippen molar-refractivity contribution in [3.05, 3.63) is 152 Å². The summed E-state index contributed by atoms with van der Waals surface area (Å²) < 4.78 is 294. The predicted octanol–water partition coefficient (Wildman–Crippen LogP) is 11.5. The second-order valence-corrected chi connectivity index (χ2v) is 17.2. The van der Waals surface area contributed by atoms with E-state index in [2.05, 4.69) is 13.8 Å². The molecule has 5 aromatic carbocycles. The average Bonchev–Trinajstić information content (AvgIpc) is 3.31. The number of halogens is 20. The van der Waals surface area contributed by atoms with Crippen molar-refractivity contribution in [2.45, 2.75) is 65.2 Å². The number of rotatable bonds is 17. The van der Waals surface area contributed by atoms with Gasteiger partial charge in [0.15, 0.2) is 75.6 Å². The first-order chi connectivity index (χ1) is 31.5. The van der Waals surface area contributed by atoms with Crippen LogP contribution in [0.25, 0.3) is 0 Å². The van der Waals surface area contributed by atoms with Crippen LogP contribution in [0.15, 0.2) is 30.3 Å². The Kier molecular flexibility index (Phi) is 18.4. The lowest BCUT2D eigenvalue weighted by atomic mass is 9.12. The lowest BCUT2D eigenvalue weighted by Gasteiger charge is -2.44. The van der Waals surface area contributed by atoms with Gasteiger partial charge >= 0.3 is 0 Å². The van der Waals surface area contributed by atoms with Gasteiger partial charge < -0.3 is 0 Å². The standard InChI is InChI=1S/C24BF20.C20H33OS/c26-5-1(6(27)14(35)21(42)13(5)34)25(2-7(28)15(36)22(43)16(37)8(2)29,3-9(30)17(38)23(44)18(39)10(3)31)4-11(32)19(40)24(45)20(41)12(4)33;1-3-5-7-12-16-22(17-13-8-6-4-2)18-20(21)19-14-10-9-11-15-19/h;9-11,14-15H,3-8,12-13,16-18H2,1-2H3/q-1;+1. The highest BCUT2D eigenvalue weighted by Crippen LogP contribution is 2.31. The fourth-order valence-corrected chi connectivity index (χ4v) is 9.73. The molecule has 0 radical (unpaired) electrons. The van der Waals surface area contributed by atoms with Crippen molar-refractivity contribution in [3.63, 3.8) is 0 Å². The molecule has 0 aliphatic carbocycles. The topological polar surface area (TPSA) is 17.1 Å². The molecule has 0 fully saturated rings. The monoisotopic (exact) mass is 1000 g/mol. The van der Waals surface area contributed by atoms with Gasteiger partial charge in [-0.05, 0) is 36.6 Å². The molecule has 1 nitrogen and oxygen atoms in total. The third kappa shape index (κ3) is 10.3. The van der Waals surface area contributed by atoms with Crippen LogP contribution in [0.4, 0.5) is 87.8 Å². The molecule has 0 N–H and O–H groups in total. The van der Waals surface area contributed by atoms with Crippen molar-refractivity contribution < 1.29 is 92.6 Å². The Morgan fingerprint density at radius 1 is 0.358 bits per heavy atom. The summed E-state index contributed by atoms with van der Waals surface area (Å²) in [5.41, 5.74) is -13.4. The summed E-state index contributed by atoms with van der Waals surface area (Å²) >= 11 is 0. The summed E-state index contributed by atoms with van der Waals surface area (Å²) in [5.74, 6) is -67.8. The normalized spacial score (nSPS) is 11.7. The number of carbonyl (C=O) groups is 1. The Balaban J connectivity index is 0.000000374. The minimum Gasteiger partial charge on any atom is -0.289 e. The molecule has 0 heterocycles. The first-order valence-electron chi connectivity index (χ1n) is 19.9. The van der Waals surface area contributed by atoms with Crippen molar-refractivity contribution in [1.82, 2.24) is 0 Å². The van der Waals surface area contributed by atoms with Gasteiger partial charge in [0.1, 0.15) is 64.2 Å². The van der Waals surface area contributed by atoms with Gasteiger partial charge in [-0.1, -0.05) is 69.9 Å². The highest BCUT2D eigenvalue weighted by atomic mass is 32.2. The maximum absolute atomic E-state index is 15.4. The highest BCUT2D eigenvalue weighted by Gasteiger charge is 2.52. The number of carbonyl (C=O) groups excluding carboxylic acids is 1. The number of Topliss-reactive ketones (excluding diaryl/α,β-unsaturated/α-hetero) is 1. The van der Waals surface area contributed by atoms with Crippen LogP contribution in [-0.4, -0.2) is 29.2 Å². The van der Waals surface area contributed by atoms with Crippen LogP contribution in [0.2, 0.25) is 0 Å². The summed E-state index contributed by atoms with van der Waals surface area (Å²) in [6.45, 7) is 4.51. The minimum absolute atomic E-state index is 0.288. The molecule has 0 aromatic heterocycles. The van der Waals surface area contributed by atoms with Crippen molar-refractivity contribution in [2.24, 2.45) is 0 Å². The third-order valence-electron chi connectivity index (χ3n) is 10.7. The van der Waals surface area contributed by atoms with Gasteiger partial charge in [0.05, 0.1) is 0 Å². The van der Waals surface area contributed by atoms with Gasteiger partial charge in [-0.25, -0.2) is 87.8 Å². The van der Waals surface area contributed by atoms with E-state index in [4.69, 9.17) is 0 Å². The zero-order chi connectivity index (χ0) is 50.4. The van der Waals surface area contributed by atoms with Gasteiger partial charge in [-0.3, -0.25) is 4.79 Å². The summed E-state index contributed by atoms with van der Waals surface area (Å²) in [6, 6.07) is 9.82. The molecule has 0 aliphatic rings. The van der Waals surface area contributed by atoms with E-state index in [0.717, 1.165) is 11.3 Å². The molecule has 5 aromatic rings. The van der Waals surface area contributed by atoms with Crippen molar-refractivity contribution in [1.29, 1.82) is 0 Å². The number of hydrogen-bond acceptors (Lipinski definition) is 1. The molecule has 0 amide bonds. The molecule has 0 saturated heterocycles. The van der Waals surface area contributed by atoms with Crippen molar-refractivity contribution in [3.8, 4) is 0 Å². The van der Waals surface area contributed by atoms with Gasteiger partial charge in [0.25, 0.3) is 0 Å². The Morgan fingerprint density at radius 3 is 0.836 bits per heavy atom. The molecule has 0 unspecified atom stereocenters. The summed E-state index contributed by atoms with van der Waals surface area (Å²) in [7, 11) is 0.288. The van der Waals surface area contributed by atoms with Gasteiger partial charge in [0, 0.05) is 5.56 Å². The van der Waals surface area contributed by atoms with Crippen LogP contribution in [0.5, 0.6) is 0 Å². The quantitative estimate of drug-likeness (QED) is 0.0173. The zero-order valence-electron chi connectivity index (χ0n) is 34.6. The van der Waals surface area contributed by atoms with Crippen LogP contribution >= 0.6 is 0 Å². The van der Waals surface area contributed by atoms with E-state index in [0.29, 0.717) is 5.78 Å². The summed E-state index contributed by atoms with van der Waals surface area (Å²) in [5, 5.41) is 0. The van der Waals surface area contributed by atoms with E-state index < -0.39 is 144 Å². The van der Waals surface area contributed by atoms with Gasteiger partial charge in [0.2, 0.25) is 5.78 Å². The number of benzene rings is 5. The average molecular weight is 1000 g/mol. The predicted molar refractivity (Wildman–Crippen MR) is 210 cm³/mol. The Hall–Kier alpha value is -5.22.